The average Bonchev–Trinajstić information content (AvgIpc) is 1.54. The minimum absolute atomic E-state index is 0.351. The molecule has 0 aliphatic heterocycles. The van der Waals surface area contributed by atoms with Crippen LogP contribution in [-0.4, -0.2) is 14.2 Å². The van der Waals surface area contributed by atoms with E-state index in [1.807, 2.05) is 121 Å². The first-order valence-electron chi connectivity index (χ1n) is 33.2. The summed E-state index contributed by atoms with van der Waals surface area (Å²) in [5, 5.41) is 0. The zero-order valence-electron chi connectivity index (χ0n) is 55.0. The predicted octanol–water partition coefficient (Wildman–Crippen LogP) is 24.2. The van der Waals surface area contributed by atoms with E-state index in [0.29, 0.717) is 22.9 Å². The maximum atomic E-state index is 15.7. The Morgan fingerprint density at radius 3 is 0.910 bits per heavy atom. The molecule has 2 atom stereocenters. The average molecular weight is 1300 g/mol. The summed E-state index contributed by atoms with van der Waals surface area (Å²) in [5.41, 5.74) is 20.1. The summed E-state index contributed by atoms with van der Waals surface area (Å²) in [7, 11) is 3.37. The van der Waals surface area contributed by atoms with Gasteiger partial charge >= 0.3 is 0 Å². The molecule has 482 valence electrons. The number of nitrogens with zero attached hydrogens (tertiary/aromatic N) is 2. The zero-order chi connectivity index (χ0) is 67.9. The molecule has 2 aliphatic rings. The van der Waals surface area contributed by atoms with Crippen molar-refractivity contribution < 1.29 is 27.7 Å². The summed E-state index contributed by atoms with van der Waals surface area (Å²) >= 11 is 0. The smallest absolute Gasteiger partial charge is 0.127 e. The lowest BCUT2D eigenvalue weighted by molar-refractivity contribution is 0.414. The highest BCUT2D eigenvalue weighted by atomic mass is 19.1. The number of rotatable bonds is 19. The van der Waals surface area contributed by atoms with Crippen molar-refractivity contribution in [2.75, 3.05) is 24.0 Å². The van der Waals surface area contributed by atoms with Gasteiger partial charge in [0, 0.05) is 34.1 Å². The molecule has 14 aromatic rings. The maximum Gasteiger partial charge on any atom is 0.127 e. The fourth-order valence-corrected chi connectivity index (χ4v) is 15.0. The number of hydrogen-bond donors (Lipinski definition) is 0. The maximum absolute atomic E-state index is 15.7. The minimum Gasteiger partial charge on any atom is -0.497 e. The first kappa shape index (κ1) is 62.1. The summed E-state index contributed by atoms with van der Waals surface area (Å²) in [4.78, 5) is 4.24. The number of halogens is 2. The van der Waals surface area contributed by atoms with Crippen LogP contribution in [0.5, 0.6) is 34.5 Å². The van der Waals surface area contributed by atoms with Gasteiger partial charge in [0.15, 0.2) is 0 Å². The molecule has 0 fully saturated rings. The molecule has 0 amide bonds. The normalized spacial score (nSPS) is 14.6. The molecule has 0 heterocycles. The lowest BCUT2D eigenvalue weighted by Gasteiger charge is -2.35. The van der Waals surface area contributed by atoms with Crippen molar-refractivity contribution >= 4 is 46.3 Å². The van der Waals surface area contributed by atoms with Crippen LogP contribution in [-0.2, 0) is 10.8 Å². The second-order valence-electron chi connectivity index (χ2n) is 25.0. The van der Waals surface area contributed by atoms with E-state index in [2.05, 4.69) is 205 Å². The molecular formula is C92H66F2N2O4. The first-order valence-corrected chi connectivity index (χ1v) is 33.2. The number of methoxy groups -OCH3 is 2. The van der Waals surface area contributed by atoms with Gasteiger partial charge < -0.3 is 28.7 Å². The van der Waals surface area contributed by atoms with Gasteiger partial charge in [0.1, 0.15) is 46.1 Å². The van der Waals surface area contributed by atoms with E-state index in [0.717, 1.165) is 135 Å². The summed E-state index contributed by atoms with van der Waals surface area (Å²) in [6, 6.07) is 110. The Morgan fingerprint density at radius 2 is 0.580 bits per heavy atom. The van der Waals surface area contributed by atoms with Gasteiger partial charge in [0.05, 0.1) is 25.0 Å². The van der Waals surface area contributed by atoms with Gasteiger partial charge in [-0.2, -0.15) is 0 Å². The van der Waals surface area contributed by atoms with Crippen LogP contribution in [0.2, 0.25) is 0 Å². The third-order valence-electron chi connectivity index (χ3n) is 19.6. The number of ether oxygens (including phenoxy) is 4. The van der Waals surface area contributed by atoms with Gasteiger partial charge in [-0.05, 0) is 247 Å². The first-order chi connectivity index (χ1) is 49.1. The van der Waals surface area contributed by atoms with E-state index in [-0.39, 0.29) is 11.6 Å². The van der Waals surface area contributed by atoms with E-state index in [9.17, 15) is 0 Å². The Balaban J connectivity index is 0.768. The molecule has 100 heavy (non-hydrogen) atoms. The SMILES string of the molecule is C=Cc1ccc(Oc2ccc(C3(c4ccc(OC)cc4)c4ccccc4-c4ccc(N(c5ccc(-c6ccc(N(c7cccc(F)c7)c7ccc8c(c7)C(c7ccc(OC)cc7)(c7ccc(Oc9ccc(C=C)cc9)cc7)c7ccccc7-8)cc6)cc5)c5cccc(F)c5)cc43)cc2)cc1. The topological polar surface area (TPSA) is 43.4 Å². The van der Waals surface area contributed by atoms with Gasteiger partial charge in [-0.3, -0.25) is 0 Å². The fourth-order valence-electron chi connectivity index (χ4n) is 15.0. The molecular weight excluding hydrogens is 1240 g/mol. The van der Waals surface area contributed by atoms with Crippen LogP contribution in [0, 0.1) is 11.6 Å². The van der Waals surface area contributed by atoms with Crippen molar-refractivity contribution in [1.29, 1.82) is 0 Å². The Bertz CT molecular complexity index is 5030. The molecule has 0 N–H and O–H groups in total. The quantitative estimate of drug-likeness (QED) is 0.0804. The Labute approximate surface area is 581 Å². The molecule has 0 spiro atoms. The number of benzene rings is 14. The summed E-state index contributed by atoms with van der Waals surface area (Å²) in [6.45, 7) is 7.81. The van der Waals surface area contributed by atoms with Crippen LogP contribution in [0.25, 0.3) is 45.5 Å². The van der Waals surface area contributed by atoms with E-state index < -0.39 is 10.8 Å². The lowest BCUT2D eigenvalue weighted by Crippen LogP contribution is -2.28. The Hall–Kier alpha value is -12.8. The number of fused-ring (bicyclic) bond motifs is 6. The van der Waals surface area contributed by atoms with Crippen LogP contribution in [0.1, 0.15) is 55.6 Å². The molecule has 0 radical (unpaired) electrons. The summed E-state index contributed by atoms with van der Waals surface area (Å²) in [6.07, 6.45) is 3.63. The molecule has 0 saturated carbocycles. The third kappa shape index (κ3) is 10.9. The number of hydrogen-bond acceptors (Lipinski definition) is 6. The molecule has 0 bridgehead atoms. The van der Waals surface area contributed by atoms with Crippen molar-refractivity contribution in [3.8, 4) is 67.9 Å². The van der Waals surface area contributed by atoms with Crippen molar-refractivity contribution in [1.82, 2.24) is 0 Å². The molecule has 6 nitrogen and oxygen atoms in total. The van der Waals surface area contributed by atoms with Crippen LogP contribution in [0.4, 0.5) is 42.9 Å². The Kier molecular flexibility index (Phi) is 16.1. The van der Waals surface area contributed by atoms with E-state index in [1.165, 1.54) is 12.1 Å². The number of anilines is 6. The van der Waals surface area contributed by atoms with Crippen molar-refractivity contribution in [2.45, 2.75) is 10.8 Å². The van der Waals surface area contributed by atoms with Gasteiger partial charge in [-0.25, -0.2) is 8.78 Å². The zero-order valence-corrected chi connectivity index (χ0v) is 55.0. The predicted molar refractivity (Wildman–Crippen MR) is 402 cm³/mol. The molecule has 14 aromatic carbocycles. The molecule has 16 rings (SSSR count). The van der Waals surface area contributed by atoms with E-state index in [4.69, 9.17) is 18.9 Å². The van der Waals surface area contributed by atoms with Gasteiger partial charge in [0.2, 0.25) is 0 Å². The molecule has 2 unspecified atom stereocenters. The van der Waals surface area contributed by atoms with Gasteiger partial charge in [-0.15, -0.1) is 0 Å². The molecule has 0 saturated heterocycles. The largest absolute Gasteiger partial charge is 0.497 e. The standard InChI is InChI=1S/C92H66F2N2O4/c1-5-61-21-43-79(44-22-61)99-81-51-33-67(34-52-81)91(65-29-47-77(97-3)48-30-65)87-19-9-7-17-83(87)85-55-41-75(59-89(85)91)95(73-15-11-13-69(93)57-73)71-37-25-63(26-38-71)64-27-39-72(40-28-64)96(74-16-12-14-70(94)58-74)76-42-56-86-84-18-8-10-20-88(84)92(90(86)60-76,66-31-49-78(98-4)50-32-66)68-35-53-82(54-36-68)100-80-45-23-62(6-2)24-46-80/h5-60H,1-2H2,3-4H3. The van der Waals surface area contributed by atoms with Crippen molar-refractivity contribution in [3.63, 3.8) is 0 Å². The molecule has 0 aromatic heterocycles. The van der Waals surface area contributed by atoms with Gasteiger partial charge in [0.25, 0.3) is 0 Å². The second kappa shape index (κ2) is 26.0. The summed E-state index contributed by atoms with van der Waals surface area (Å²) < 4.78 is 55.7. The summed E-state index contributed by atoms with van der Waals surface area (Å²) in [5.74, 6) is 3.66. The van der Waals surface area contributed by atoms with Crippen LogP contribution in [0.15, 0.2) is 341 Å². The van der Waals surface area contributed by atoms with Crippen LogP contribution >= 0.6 is 0 Å². The van der Waals surface area contributed by atoms with E-state index >= 15 is 8.78 Å². The monoisotopic (exact) mass is 1300 g/mol. The van der Waals surface area contributed by atoms with E-state index in [1.54, 1.807) is 38.5 Å². The van der Waals surface area contributed by atoms with Crippen molar-refractivity contribution in [3.05, 3.63) is 408 Å². The van der Waals surface area contributed by atoms with Crippen LogP contribution in [0.3, 0.4) is 0 Å². The highest BCUT2D eigenvalue weighted by Gasteiger charge is 2.48. The highest BCUT2D eigenvalue weighted by Crippen LogP contribution is 2.60. The molecule has 2 aliphatic carbocycles. The Morgan fingerprint density at radius 1 is 0.280 bits per heavy atom. The van der Waals surface area contributed by atoms with Crippen molar-refractivity contribution in [2.24, 2.45) is 0 Å². The van der Waals surface area contributed by atoms with Crippen LogP contribution < -0.4 is 28.7 Å². The highest BCUT2D eigenvalue weighted by molar-refractivity contribution is 5.92. The lowest BCUT2D eigenvalue weighted by atomic mass is 9.67. The molecule has 8 heteroatoms. The third-order valence-corrected chi connectivity index (χ3v) is 19.6. The second-order valence-corrected chi connectivity index (χ2v) is 25.0. The minimum atomic E-state index is -0.802. The fraction of sp³-hybridized carbons (Fsp3) is 0.0435. The van der Waals surface area contributed by atoms with Gasteiger partial charge in [-0.1, -0.05) is 195 Å².